The van der Waals surface area contributed by atoms with E-state index in [1.54, 1.807) is 98.8 Å². The Balaban J connectivity index is 1.30. The molecule has 4 N–H and O–H groups in total. The summed E-state index contributed by atoms with van der Waals surface area (Å²) < 4.78 is 4.98. The minimum atomic E-state index is -0.678. The number of carbonyl (C=O) groups is 5. The molecule has 1 atom stereocenters. The van der Waals surface area contributed by atoms with E-state index in [1.165, 1.54) is 18.9 Å². The lowest BCUT2D eigenvalue weighted by Crippen LogP contribution is -2.30. The molecule has 0 aliphatic carbocycles. The number of hydrogen-bond acceptors (Lipinski definition) is 8. The maximum absolute atomic E-state index is 13.7. The van der Waals surface area contributed by atoms with Crippen molar-refractivity contribution in [3.8, 4) is 0 Å². The molecular formula is C42H40N4O6S2. The number of benzene rings is 4. The van der Waals surface area contributed by atoms with Crippen molar-refractivity contribution in [2.24, 2.45) is 0 Å². The maximum Gasteiger partial charge on any atom is 0.341 e. The lowest BCUT2D eigenvalue weighted by Gasteiger charge is -2.14. The summed E-state index contributed by atoms with van der Waals surface area (Å²) in [7, 11) is 1.24. The number of ether oxygens (including phenoxy) is 1. The summed E-state index contributed by atoms with van der Waals surface area (Å²) in [4.78, 5) is 67.1. The molecule has 4 amide bonds. The van der Waals surface area contributed by atoms with E-state index < -0.39 is 34.8 Å². The lowest BCUT2D eigenvalue weighted by atomic mass is 10.0. The van der Waals surface area contributed by atoms with Crippen LogP contribution >= 0.6 is 23.1 Å². The summed E-state index contributed by atoms with van der Waals surface area (Å²) in [5, 5.41) is 10.8. The summed E-state index contributed by atoms with van der Waals surface area (Å²) in [6.45, 7) is 7.53. The largest absolute Gasteiger partial charge is 0.465 e. The SMILES string of the molecule is COC(=O)c1c(NC(=O)C(C)Sc2cccc(NC(=O)/C(=C\c3ccc(C(C)C)cc3)NC(=O)c3ccccc3)c2)sc(C(=O)Nc2ccccc2)c1C. The van der Waals surface area contributed by atoms with Gasteiger partial charge in [0.15, 0.2) is 0 Å². The minimum absolute atomic E-state index is 0.0522. The highest BCUT2D eigenvalue weighted by atomic mass is 32.2. The molecule has 5 aromatic rings. The Kier molecular flexibility index (Phi) is 13.2. The van der Waals surface area contributed by atoms with Gasteiger partial charge in [0.25, 0.3) is 17.7 Å². The first kappa shape index (κ1) is 39.2. The molecule has 4 aromatic carbocycles. The first-order chi connectivity index (χ1) is 25.9. The first-order valence-electron chi connectivity index (χ1n) is 17.1. The van der Waals surface area contributed by atoms with Crippen molar-refractivity contribution in [3.63, 3.8) is 0 Å². The van der Waals surface area contributed by atoms with Gasteiger partial charge in [-0.1, -0.05) is 80.6 Å². The fourth-order valence-corrected chi connectivity index (χ4v) is 7.30. The first-order valence-corrected chi connectivity index (χ1v) is 18.8. The van der Waals surface area contributed by atoms with Crippen LogP contribution in [0.5, 0.6) is 0 Å². The summed E-state index contributed by atoms with van der Waals surface area (Å²) in [6, 6.07) is 32.3. The van der Waals surface area contributed by atoms with Gasteiger partial charge in [-0.3, -0.25) is 19.2 Å². The Bertz CT molecular complexity index is 2180. The van der Waals surface area contributed by atoms with Crippen molar-refractivity contribution in [3.05, 3.63) is 148 Å². The van der Waals surface area contributed by atoms with Gasteiger partial charge in [0.05, 0.1) is 22.8 Å². The van der Waals surface area contributed by atoms with Crippen LogP contribution in [0.25, 0.3) is 6.08 Å². The van der Waals surface area contributed by atoms with E-state index in [4.69, 9.17) is 4.74 Å². The molecule has 5 rings (SSSR count). The molecule has 0 spiro atoms. The maximum atomic E-state index is 13.7. The Morgan fingerprint density at radius 3 is 2.04 bits per heavy atom. The third kappa shape index (κ3) is 10.1. The number of esters is 1. The number of hydrogen-bond donors (Lipinski definition) is 4. The van der Waals surface area contributed by atoms with Crippen LogP contribution in [-0.4, -0.2) is 42.0 Å². The summed E-state index contributed by atoms with van der Waals surface area (Å²) in [5.41, 5.74) is 3.87. The Morgan fingerprint density at radius 1 is 0.741 bits per heavy atom. The van der Waals surface area contributed by atoms with E-state index in [9.17, 15) is 24.0 Å². The standard InChI is InChI=1S/C42H40N4O6S2/c1-25(2)29-21-19-28(20-22-29)23-34(45-38(48)30-13-8-6-9-14-30)39(49)44-32-17-12-18-33(24-32)53-27(4)37(47)46-41-35(42(51)52-5)26(3)36(54-41)40(50)43-31-15-10-7-11-16-31/h6-25,27H,1-5H3,(H,43,50)(H,44,49)(H,45,48)(H,46,47)/b34-23+. The summed E-state index contributed by atoms with van der Waals surface area (Å²) in [5.74, 6) is -2.13. The number of anilines is 3. The van der Waals surface area contributed by atoms with Crippen molar-refractivity contribution >= 4 is 75.1 Å². The third-order valence-electron chi connectivity index (χ3n) is 8.23. The fraction of sp³-hybridized carbons (Fsp3) is 0.167. The molecule has 12 heteroatoms. The molecule has 0 saturated heterocycles. The predicted molar refractivity (Wildman–Crippen MR) is 216 cm³/mol. The van der Waals surface area contributed by atoms with Crippen LogP contribution in [0.4, 0.5) is 16.4 Å². The molecule has 1 unspecified atom stereocenters. The average molecular weight is 761 g/mol. The lowest BCUT2D eigenvalue weighted by molar-refractivity contribution is -0.115. The van der Waals surface area contributed by atoms with Gasteiger partial charge >= 0.3 is 5.97 Å². The number of thiophene rings is 1. The Hall–Kier alpha value is -5.98. The Labute approximate surface area is 322 Å². The number of nitrogens with one attached hydrogen (secondary N) is 4. The van der Waals surface area contributed by atoms with Crippen molar-refractivity contribution in [2.45, 2.75) is 43.8 Å². The van der Waals surface area contributed by atoms with Gasteiger partial charge in [0.2, 0.25) is 5.91 Å². The molecule has 1 heterocycles. The van der Waals surface area contributed by atoms with E-state index in [0.29, 0.717) is 33.3 Å². The molecule has 1 aromatic heterocycles. The van der Waals surface area contributed by atoms with Gasteiger partial charge < -0.3 is 26.0 Å². The van der Waals surface area contributed by atoms with Crippen LogP contribution in [0.3, 0.4) is 0 Å². The van der Waals surface area contributed by atoms with Crippen LogP contribution in [0, 0.1) is 6.92 Å². The van der Waals surface area contributed by atoms with Crippen LogP contribution in [0.15, 0.2) is 120 Å². The van der Waals surface area contributed by atoms with Crippen LogP contribution in [0.2, 0.25) is 0 Å². The zero-order valence-electron chi connectivity index (χ0n) is 30.4. The van der Waals surface area contributed by atoms with E-state index in [2.05, 4.69) is 35.1 Å². The van der Waals surface area contributed by atoms with E-state index >= 15 is 0 Å². The zero-order chi connectivity index (χ0) is 38.8. The van der Waals surface area contributed by atoms with Crippen LogP contribution in [0.1, 0.15) is 73.8 Å². The summed E-state index contributed by atoms with van der Waals surface area (Å²) in [6.07, 6.45) is 1.62. The number of rotatable bonds is 13. The van der Waals surface area contributed by atoms with Gasteiger partial charge in [-0.25, -0.2) is 4.79 Å². The van der Waals surface area contributed by atoms with Gasteiger partial charge in [0, 0.05) is 21.8 Å². The minimum Gasteiger partial charge on any atom is -0.465 e. The number of para-hydroxylation sites is 1. The smallest absolute Gasteiger partial charge is 0.341 e. The molecule has 10 nitrogen and oxygen atoms in total. The molecule has 54 heavy (non-hydrogen) atoms. The van der Waals surface area contributed by atoms with Crippen molar-refractivity contribution in [1.82, 2.24) is 5.32 Å². The van der Waals surface area contributed by atoms with Crippen molar-refractivity contribution in [1.29, 1.82) is 0 Å². The average Bonchev–Trinajstić information content (AvgIpc) is 3.50. The quantitative estimate of drug-likeness (QED) is 0.0534. The molecule has 276 valence electrons. The number of amides is 4. The van der Waals surface area contributed by atoms with Gasteiger partial charge in [-0.05, 0) is 85.0 Å². The highest BCUT2D eigenvalue weighted by Crippen LogP contribution is 2.35. The second kappa shape index (κ2) is 18.2. The molecule has 0 radical (unpaired) electrons. The number of carbonyl (C=O) groups excluding carboxylic acids is 5. The highest BCUT2D eigenvalue weighted by molar-refractivity contribution is 8.00. The highest BCUT2D eigenvalue weighted by Gasteiger charge is 2.28. The monoisotopic (exact) mass is 760 g/mol. The van der Waals surface area contributed by atoms with Crippen LogP contribution < -0.4 is 21.3 Å². The van der Waals surface area contributed by atoms with Gasteiger partial charge in [-0.15, -0.1) is 23.1 Å². The van der Waals surface area contributed by atoms with Crippen LogP contribution in [-0.2, 0) is 14.3 Å². The second-order valence-electron chi connectivity index (χ2n) is 12.5. The molecule has 0 aliphatic heterocycles. The van der Waals surface area contributed by atoms with Gasteiger partial charge in [-0.2, -0.15) is 0 Å². The molecule has 0 saturated carbocycles. The van der Waals surface area contributed by atoms with Crippen molar-refractivity contribution < 1.29 is 28.7 Å². The number of methoxy groups -OCH3 is 1. The fourth-order valence-electron chi connectivity index (χ4n) is 5.28. The van der Waals surface area contributed by atoms with E-state index in [0.717, 1.165) is 22.5 Å². The van der Waals surface area contributed by atoms with E-state index in [1.807, 2.05) is 30.3 Å². The Morgan fingerprint density at radius 2 is 1.39 bits per heavy atom. The molecule has 0 bridgehead atoms. The molecule has 0 aliphatic rings. The van der Waals surface area contributed by atoms with Crippen molar-refractivity contribution in [2.75, 3.05) is 23.1 Å². The number of thioether (sulfide) groups is 1. The summed E-state index contributed by atoms with van der Waals surface area (Å²) >= 11 is 2.22. The van der Waals surface area contributed by atoms with E-state index in [-0.39, 0.29) is 21.1 Å². The zero-order valence-corrected chi connectivity index (χ0v) is 32.0. The topological polar surface area (TPSA) is 143 Å². The molecule has 0 fully saturated rings. The third-order valence-corrected chi connectivity index (χ3v) is 10.5. The van der Waals surface area contributed by atoms with Gasteiger partial charge in [0.1, 0.15) is 10.7 Å². The predicted octanol–water partition coefficient (Wildman–Crippen LogP) is 8.75. The second-order valence-corrected chi connectivity index (χ2v) is 14.9. The molecular weight excluding hydrogens is 721 g/mol. The normalized spacial score (nSPS) is 11.7.